The van der Waals surface area contributed by atoms with Crippen molar-refractivity contribution in [2.24, 2.45) is 5.41 Å². The standard InChI is InChI=1S/C12H19NO5/c1-12(11(15)16)7-17-6-9(12)13-10(14)8-4-2-3-5-18-8/h8-9H,2-7H2,1H3,(H,13,14)(H,15,16). The highest BCUT2D eigenvalue weighted by atomic mass is 16.5. The molecular formula is C12H19NO5. The summed E-state index contributed by atoms with van der Waals surface area (Å²) in [4.78, 5) is 23.2. The monoisotopic (exact) mass is 257 g/mol. The van der Waals surface area contributed by atoms with Gasteiger partial charge in [-0.25, -0.2) is 0 Å². The van der Waals surface area contributed by atoms with Crippen LogP contribution in [0.4, 0.5) is 0 Å². The number of amides is 1. The van der Waals surface area contributed by atoms with Crippen molar-refractivity contribution in [3.05, 3.63) is 0 Å². The summed E-state index contributed by atoms with van der Waals surface area (Å²) >= 11 is 0. The molecule has 2 rings (SSSR count). The molecule has 0 bridgehead atoms. The zero-order valence-electron chi connectivity index (χ0n) is 10.5. The first kappa shape index (κ1) is 13.3. The van der Waals surface area contributed by atoms with E-state index in [1.807, 2.05) is 0 Å². The normalized spacial score (nSPS) is 36.3. The average Bonchev–Trinajstić information content (AvgIpc) is 2.73. The Hall–Kier alpha value is -1.14. The summed E-state index contributed by atoms with van der Waals surface area (Å²) in [5.41, 5.74) is -1.05. The third-order valence-corrected chi connectivity index (χ3v) is 3.73. The molecule has 102 valence electrons. The molecule has 2 aliphatic rings. The van der Waals surface area contributed by atoms with Crippen molar-refractivity contribution in [2.45, 2.75) is 38.3 Å². The van der Waals surface area contributed by atoms with Gasteiger partial charge in [0.15, 0.2) is 0 Å². The van der Waals surface area contributed by atoms with E-state index in [0.29, 0.717) is 13.0 Å². The van der Waals surface area contributed by atoms with E-state index in [0.717, 1.165) is 12.8 Å². The molecule has 6 nitrogen and oxygen atoms in total. The van der Waals surface area contributed by atoms with Crippen LogP contribution in [-0.2, 0) is 19.1 Å². The lowest BCUT2D eigenvalue weighted by Gasteiger charge is -2.28. The van der Waals surface area contributed by atoms with Crippen LogP contribution in [0.25, 0.3) is 0 Å². The van der Waals surface area contributed by atoms with Crippen molar-refractivity contribution in [2.75, 3.05) is 19.8 Å². The average molecular weight is 257 g/mol. The second-order valence-electron chi connectivity index (χ2n) is 5.15. The van der Waals surface area contributed by atoms with Crippen molar-refractivity contribution in [3.63, 3.8) is 0 Å². The fourth-order valence-electron chi connectivity index (χ4n) is 2.30. The van der Waals surface area contributed by atoms with Crippen molar-refractivity contribution in [1.29, 1.82) is 0 Å². The zero-order valence-corrected chi connectivity index (χ0v) is 10.5. The molecular weight excluding hydrogens is 238 g/mol. The Kier molecular flexibility index (Phi) is 3.87. The summed E-state index contributed by atoms with van der Waals surface area (Å²) in [5, 5.41) is 12.0. The van der Waals surface area contributed by atoms with E-state index in [1.54, 1.807) is 6.92 Å². The van der Waals surface area contributed by atoms with Gasteiger partial charge in [0.2, 0.25) is 5.91 Å². The molecule has 1 amide bonds. The van der Waals surface area contributed by atoms with Gasteiger partial charge >= 0.3 is 5.97 Å². The lowest BCUT2D eigenvalue weighted by molar-refractivity contribution is -0.149. The molecule has 0 aromatic carbocycles. The highest BCUT2D eigenvalue weighted by molar-refractivity contribution is 5.83. The van der Waals surface area contributed by atoms with Crippen molar-refractivity contribution < 1.29 is 24.2 Å². The number of rotatable bonds is 3. The summed E-state index contributed by atoms with van der Waals surface area (Å²) in [6.45, 7) is 2.55. The minimum absolute atomic E-state index is 0.124. The summed E-state index contributed by atoms with van der Waals surface area (Å²) < 4.78 is 10.6. The maximum atomic E-state index is 12.0. The van der Waals surface area contributed by atoms with Gasteiger partial charge in [0.25, 0.3) is 0 Å². The Balaban J connectivity index is 1.95. The number of carbonyl (C=O) groups is 2. The highest BCUT2D eigenvalue weighted by Gasteiger charge is 2.47. The SMILES string of the molecule is CC1(C(=O)O)COCC1NC(=O)C1CCCCO1. The number of carbonyl (C=O) groups excluding carboxylic acids is 1. The van der Waals surface area contributed by atoms with E-state index >= 15 is 0 Å². The first-order valence-electron chi connectivity index (χ1n) is 6.27. The van der Waals surface area contributed by atoms with Gasteiger partial charge in [-0.15, -0.1) is 0 Å². The molecule has 2 fully saturated rings. The van der Waals surface area contributed by atoms with E-state index in [4.69, 9.17) is 9.47 Å². The van der Waals surface area contributed by atoms with Crippen LogP contribution in [0.2, 0.25) is 0 Å². The summed E-state index contributed by atoms with van der Waals surface area (Å²) in [6, 6.07) is -0.493. The van der Waals surface area contributed by atoms with Gasteiger partial charge in [0.05, 0.1) is 19.3 Å². The van der Waals surface area contributed by atoms with E-state index < -0.39 is 23.5 Å². The van der Waals surface area contributed by atoms with Gasteiger partial charge in [-0.2, -0.15) is 0 Å². The third kappa shape index (κ3) is 2.49. The van der Waals surface area contributed by atoms with E-state index in [1.165, 1.54) is 0 Å². The second-order valence-corrected chi connectivity index (χ2v) is 5.15. The smallest absolute Gasteiger partial charge is 0.313 e. The predicted molar refractivity (Wildman–Crippen MR) is 62.1 cm³/mol. The first-order valence-corrected chi connectivity index (χ1v) is 6.27. The van der Waals surface area contributed by atoms with Crippen LogP contribution < -0.4 is 5.32 Å². The molecule has 2 aliphatic heterocycles. The van der Waals surface area contributed by atoms with Crippen LogP contribution in [0, 0.1) is 5.41 Å². The Morgan fingerprint density at radius 2 is 2.17 bits per heavy atom. The maximum absolute atomic E-state index is 12.0. The molecule has 2 heterocycles. The van der Waals surface area contributed by atoms with Gasteiger partial charge < -0.3 is 19.9 Å². The topological polar surface area (TPSA) is 84.9 Å². The number of carboxylic acid groups (broad SMARTS) is 1. The number of nitrogens with one attached hydrogen (secondary N) is 1. The minimum atomic E-state index is -1.05. The predicted octanol–water partition coefficient (Wildman–Crippen LogP) is 0.161. The van der Waals surface area contributed by atoms with Gasteiger partial charge in [0.1, 0.15) is 11.5 Å². The summed E-state index contributed by atoms with van der Waals surface area (Å²) in [6.07, 6.45) is 2.19. The number of ether oxygens (including phenoxy) is 2. The Labute approximate surface area is 106 Å². The maximum Gasteiger partial charge on any atom is 0.313 e. The zero-order chi connectivity index (χ0) is 13.2. The largest absolute Gasteiger partial charge is 0.481 e. The quantitative estimate of drug-likeness (QED) is 0.752. The molecule has 0 radical (unpaired) electrons. The van der Waals surface area contributed by atoms with Gasteiger partial charge in [-0.1, -0.05) is 0 Å². The molecule has 6 heteroatoms. The van der Waals surface area contributed by atoms with Crippen molar-refractivity contribution in [1.82, 2.24) is 5.32 Å². The molecule has 2 N–H and O–H groups in total. The molecule has 0 aromatic heterocycles. The van der Waals surface area contributed by atoms with Crippen molar-refractivity contribution >= 4 is 11.9 Å². The molecule has 3 unspecified atom stereocenters. The number of carboxylic acids is 1. The number of hydrogen-bond donors (Lipinski definition) is 2. The Morgan fingerprint density at radius 3 is 2.78 bits per heavy atom. The Bertz CT molecular complexity index is 339. The summed E-state index contributed by atoms with van der Waals surface area (Å²) in [5.74, 6) is -1.17. The Morgan fingerprint density at radius 1 is 1.39 bits per heavy atom. The summed E-state index contributed by atoms with van der Waals surface area (Å²) in [7, 11) is 0. The first-order chi connectivity index (χ1) is 8.54. The van der Waals surface area contributed by atoms with Gasteiger partial charge in [-0.3, -0.25) is 9.59 Å². The molecule has 2 saturated heterocycles. The van der Waals surface area contributed by atoms with Gasteiger partial charge in [-0.05, 0) is 26.2 Å². The molecule has 0 aliphatic carbocycles. The highest BCUT2D eigenvalue weighted by Crippen LogP contribution is 2.29. The minimum Gasteiger partial charge on any atom is -0.481 e. The number of aliphatic carboxylic acids is 1. The van der Waals surface area contributed by atoms with Crippen LogP contribution in [0.3, 0.4) is 0 Å². The van der Waals surface area contributed by atoms with Gasteiger partial charge in [0, 0.05) is 6.61 Å². The third-order valence-electron chi connectivity index (χ3n) is 3.73. The number of hydrogen-bond acceptors (Lipinski definition) is 4. The van der Waals surface area contributed by atoms with Crippen molar-refractivity contribution in [3.8, 4) is 0 Å². The van der Waals surface area contributed by atoms with Crippen LogP contribution in [0.5, 0.6) is 0 Å². The van der Waals surface area contributed by atoms with E-state index in [9.17, 15) is 14.7 Å². The fraction of sp³-hybridized carbons (Fsp3) is 0.833. The molecule has 0 spiro atoms. The van der Waals surface area contributed by atoms with Crippen LogP contribution >= 0.6 is 0 Å². The molecule has 0 aromatic rings. The van der Waals surface area contributed by atoms with Crippen LogP contribution in [0.1, 0.15) is 26.2 Å². The molecule has 3 atom stereocenters. The lowest BCUT2D eigenvalue weighted by atomic mass is 9.85. The fourth-order valence-corrected chi connectivity index (χ4v) is 2.30. The van der Waals surface area contributed by atoms with E-state index in [2.05, 4.69) is 5.32 Å². The van der Waals surface area contributed by atoms with E-state index in [-0.39, 0.29) is 19.1 Å². The second kappa shape index (κ2) is 5.24. The molecule has 18 heavy (non-hydrogen) atoms. The molecule has 0 saturated carbocycles. The van der Waals surface area contributed by atoms with Crippen LogP contribution in [0.15, 0.2) is 0 Å². The lowest BCUT2D eigenvalue weighted by Crippen LogP contribution is -2.52. The van der Waals surface area contributed by atoms with Crippen LogP contribution in [-0.4, -0.2) is 48.9 Å².